The molecule has 4 heteroatoms. The fourth-order valence-electron chi connectivity index (χ4n) is 2.74. The van der Waals surface area contributed by atoms with E-state index in [1.807, 2.05) is 24.3 Å². The maximum atomic E-state index is 5.93. The Balaban J connectivity index is 1.61. The number of benzene rings is 1. The average Bonchev–Trinajstić information content (AvgIpc) is 2.46. The van der Waals surface area contributed by atoms with Crippen molar-refractivity contribution in [2.45, 2.75) is 58.0 Å². The molecule has 1 heterocycles. The lowest BCUT2D eigenvalue weighted by Gasteiger charge is -2.32. The van der Waals surface area contributed by atoms with Crippen molar-refractivity contribution in [1.29, 1.82) is 0 Å². The molecule has 0 amide bonds. The highest BCUT2D eigenvalue weighted by Gasteiger charge is 2.24. The third-order valence-electron chi connectivity index (χ3n) is 3.70. The summed E-state index contributed by atoms with van der Waals surface area (Å²) in [7, 11) is 0. The van der Waals surface area contributed by atoms with Crippen LogP contribution in [0.4, 0.5) is 0 Å². The third-order valence-corrected chi connectivity index (χ3v) is 3.70. The van der Waals surface area contributed by atoms with E-state index in [2.05, 4.69) is 13.8 Å². The highest BCUT2D eigenvalue weighted by molar-refractivity contribution is 5.28. The third kappa shape index (κ3) is 5.65. The molecule has 1 fully saturated rings. The lowest BCUT2D eigenvalue weighted by Crippen LogP contribution is -2.34. The van der Waals surface area contributed by atoms with E-state index in [4.69, 9.17) is 19.9 Å². The van der Waals surface area contributed by atoms with Crippen LogP contribution in [0.5, 0.6) is 5.75 Å². The number of nitrogens with two attached hydrogens (primary N) is 1. The van der Waals surface area contributed by atoms with E-state index in [9.17, 15) is 0 Å². The van der Waals surface area contributed by atoms with Crippen LogP contribution in [-0.4, -0.2) is 31.5 Å². The van der Waals surface area contributed by atoms with Gasteiger partial charge >= 0.3 is 0 Å². The predicted octanol–water partition coefficient (Wildman–Crippen LogP) is 2.89. The largest absolute Gasteiger partial charge is 0.493 e. The Kier molecular flexibility index (Phi) is 6.49. The molecule has 0 saturated carbocycles. The van der Waals surface area contributed by atoms with Gasteiger partial charge in [0.1, 0.15) is 5.75 Å². The van der Waals surface area contributed by atoms with E-state index in [1.54, 1.807) is 0 Å². The molecule has 1 aromatic carbocycles. The second-order valence-electron chi connectivity index (χ2n) is 5.78. The molecular formula is C17H27NO3. The summed E-state index contributed by atoms with van der Waals surface area (Å²) in [6, 6.07) is 7.92. The van der Waals surface area contributed by atoms with Gasteiger partial charge in [-0.1, -0.05) is 12.1 Å². The number of rotatable bonds is 7. The van der Waals surface area contributed by atoms with Gasteiger partial charge in [-0.3, -0.25) is 0 Å². The zero-order valence-corrected chi connectivity index (χ0v) is 13.1. The Morgan fingerprint density at radius 2 is 1.95 bits per heavy atom. The van der Waals surface area contributed by atoms with Gasteiger partial charge in [0.2, 0.25) is 0 Å². The van der Waals surface area contributed by atoms with Crippen molar-refractivity contribution >= 4 is 0 Å². The van der Waals surface area contributed by atoms with E-state index in [-0.39, 0.29) is 0 Å². The van der Waals surface area contributed by atoms with Crippen molar-refractivity contribution in [2.24, 2.45) is 5.73 Å². The minimum atomic E-state index is 0.300. The Labute approximate surface area is 127 Å². The molecule has 1 saturated heterocycles. The van der Waals surface area contributed by atoms with E-state index in [1.165, 1.54) is 0 Å². The maximum absolute atomic E-state index is 5.93. The van der Waals surface area contributed by atoms with Crippen LogP contribution in [0.15, 0.2) is 24.3 Å². The molecule has 2 unspecified atom stereocenters. The van der Waals surface area contributed by atoms with Crippen LogP contribution < -0.4 is 10.5 Å². The highest BCUT2D eigenvalue weighted by atomic mass is 16.5. The molecule has 0 aliphatic carbocycles. The highest BCUT2D eigenvalue weighted by Crippen LogP contribution is 2.21. The molecule has 0 bridgehead atoms. The SMILES string of the molecule is CC1CC(OCCCOc2cccc(CN)c2)CC(C)O1. The lowest BCUT2D eigenvalue weighted by atomic mass is 10.0. The molecule has 1 aliphatic heterocycles. The molecule has 4 nitrogen and oxygen atoms in total. The molecule has 2 atom stereocenters. The molecular weight excluding hydrogens is 266 g/mol. The summed E-state index contributed by atoms with van der Waals surface area (Å²) in [6.45, 7) is 6.17. The Bertz CT molecular complexity index is 414. The molecule has 1 aromatic rings. The van der Waals surface area contributed by atoms with Crippen molar-refractivity contribution in [3.63, 3.8) is 0 Å². The van der Waals surface area contributed by atoms with E-state index in [0.717, 1.165) is 37.2 Å². The summed E-state index contributed by atoms with van der Waals surface area (Å²) >= 11 is 0. The topological polar surface area (TPSA) is 53.7 Å². The van der Waals surface area contributed by atoms with Gasteiger partial charge in [-0.25, -0.2) is 0 Å². The summed E-state index contributed by atoms with van der Waals surface area (Å²) in [4.78, 5) is 0. The molecule has 0 aromatic heterocycles. The van der Waals surface area contributed by atoms with Crippen molar-refractivity contribution in [1.82, 2.24) is 0 Å². The molecule has 0 radical (unpaired) electrons. The number of hydrogen-bond acceptors (Lipinski definition) is 4. The van der Waals surface area contributed by atoms with Gasteiger partial charge in [-0.05, 0) is 44.4 Å². The number of ether oxygens (including phenoxy) is 3. The van der Waals surface area contributed by atoms with E-state index < -0.39 is 0 Å². The normalized spacial score (nSPS) is 25.8. The Morgan fingerprint density at radius 3 is 2.67 bits per heavy atom. The monoisotopic (exact) mass is 293 g/mol. The van der Waals surface area contributed by atoms with Crippen LogP contribution in [0.1, 0.15) is 38.7 Å². The Hall–Kier alpha value is -1.10. The van der Waals surface area contributed by atoms with Gasteiger partial charge in [0.15, 0.2) is 0 Å². The molecule has 2 rings (SSSR count). The fourth-order valence-corrected chi connectivity index (χ4v) is 2.74. The van der Waals surface area contributed by atoms with Crippen LogP contribution >= 0.6 is 0 Å². The molecule has 21 heavy (non-hydrogen) atoms. The van der Waals surface area contributed by atoms with E-state index in [0.29, 0.717) is 31.5 Å². The van der Waals surface area contributed by atoms with Crippen LogP contribution in [-0.2, 0) is 16.0 Å². The maximum Gasteiger partial charge on any atom is 0.119 e. The first-order valence-corrected chi connectivity index (χ1v) is 7.86. The van der Waals surface area contributed by atoms with Gasteiger partial charge in [-0.15, -0.1) is 0 Å². The van der Waals surface area contributed by atoms with Crippen LogP contribution in [0.25, 0.3) is 0 Å². The van der Waals surface area contributed by atoms with Crippen LogP contribution in [0, 0.1) is 0 Å². The molecule has 2 N–H and O–H groups in total. The van der Waals surface area contributed by atoms with Crippen molar-refractivity contribution in [3.05, 3.63) is 29.8 Å². The molecule has 1 aliphatic rings. The van der Waals surface area contributed by atoms with Crippen molar-refractivity contribution in [2.75, 3.05) is 13.2 Å². The average molecular weight is 293 g/mol. The quantitative estimate of drug-likeness (QED) is 0.785. The van der Waals surface area contributed by atoms with Gasteiger partial charge in [-0.2, -0.15) is 0 Å². The molecule has 118 valence electrons. The molecule has 0 spiro atoms. The minimum absolute atomic E-state index is 0.300. The van der Waals surface area contributed by atoms with Gasteiger partial charge in [0.25, 0.3) is 0 Å². The number of hydrogen-bond donors (Lipinski definition) is 1. The van der Waals surface area contributed by atoms with Gasteiger partial charge in [0, 0.05) is 13.0 Å². The summed E-state index contributed by atoms with van der Waals surface area (Å²) in [6.07, 6.45) is 3.80. The lowest BCUT2D eigenvalue weighted by molar-refractivity contribution is -0.102. The zero-order valence-electron chi connectivity index (χ0n) is 13.1. The minimum Gasteiger partial charge on any atom is -0.493 e. The summed E-state index contributed by atoms with van der Waals surface area (Å²) in [5.41, 5.74) is 6.71. The summed E-state index contributed by atoms with van der Waals surface area (Å²) < 4.78 is 17.4. The summed E-state index contributed by atoms with van der Waals surface area (Å²) in [5.74, 6) is 0.881. The van der Waals surface area contributed by atoms with E-state index >= 15 is 0 Å². The van der Waals surface area contributed by atoms with Crippen molar-refractivity contribution in [3.8, 4) is 5.75 Å². The van der Waals surface area contributed by atoms with Crippen molar-refractivity contribution < 1.29 is 14.2 Å². The second kappa shape index (κ2) is 8.37. The Morgan fingerprint density at radius 1 is 1.19 bits per heavy atom. The van der Waals surface area contributed by atoms with Gasteiger partial charge in [0.05, 0.1) is 31.5 Å². The first-order chi connectivity index (χ1) is 10.2. The second-order valence-corrected chi connectivity index (χ2v) is 5.78. The van der Waals surface area contributed by atoms with Crippen LogP contribution in [0.3, 0.4) is 0 Å². The first kappa shape index (κ1) is 16.3. The zero-order chi connectivity index (χ0) is 15.1. The first-order valence-electron chi connectivity index (χ1n) is 7.86. The standard InChI is InChI=1S/C17H27NO3/c1-13-9-17(10-14(2)21-13)20-8-4-7-19-16-6-3-5-15(11-16)12-18/h3,5-6,11,13-14,17H,4,7-10,12,18H2,1-2H3. The van der Waals surface area contributed by atoms with Gasteiger partial charge < -0.3 is 19.9 Å². The smallest absolute Gasteiger partial charge is 0.119 e. The predicted molar refractivity (Wildman–Crippen MR) is 83.4 cm³/mol. The summed E-state index contributed by atoms with van der Waals surface area (Å²) in [5, 5.41) is 0. The van der Waals surface area contributed by atoms with Crippen LogP contribution in [0.2, 0.25) is 0 Å². The fraction of sp³-hybridized carbons (Fsp3) is 0.647.